The molecule has 5 heteroatoms. The van der Waals surface area contributed by atoms with Gasteiger partial charge in [-0.1, -0.05) is 42.5 Å². The molecule has 100 valence electrons. The molecule has 0 N–H and O–H groups in total. The molecule has 0 saturated carbocycles. The molecule has 1 heterocycles. The van der Waals surface area contributed by atoms with Gasteiger partial charge in [-0.25, -0.2) is 8.42 Å². The topological polar surface area (TPSA) is 70.1 Å². The van der Waals surface area contributed by atoms with E-state index in [0.717, 1.165) is 5.39 Å². The molecule has 0 radical (unpaired) electrons. The van der Waals surface area contributed by atoms with Crippen molar-refractivity contribution in [2.24, 2.45) is 0 Å². The third-order valence-corrected chi connectivity index (χ3v) is 3.97. The van der Waals surface area contributed by atoms with E-state index in [1.165, 1.54) is 12.1 Å². The van der Waals surface area contributed by atoms with Crippen LogP contribution in [0.3, 0.4) is 0 Å². The molecule has 4 nitrogen and oxygen atoms in total. The molecule has 20 heavy (non-hydrogen) atoms. The lowest BCUT2D eigenvalue weighted by Gasteiger charge is -2.14. The Kier molecular flexibility index (Phi) is 3.00. The quantitative estimate of drug-likeness (QED) is 0.678. The van der Waals surface area contributed by atoms with E-state index in [4.69, 9.17) is 0 Å². The first-order chi connectivity index (χ1) is 9.57. The van der Waals surface area contributed by atoms with E-state index in [-0.39, 0.29) is 4.90 Å². The SMILES string of the molecule is O=S(=O)([O-])c1ccccc1-c1cccc2cccnc12. The van der Waals surface area contributed by atoms with Crippen molar-refractivity contribution < 1.29 is 13.0 Å². The molecule has 0 aliphatic rings. The number of hydrogen-bond donors (Lipinski definition) is 0. The molecule has 0 fully saturated rings. The van der Waals surface area contributed by atoms with Crippen LogP contribution in [0.2, 0.25) is 0 Å². The van der Waals surface area contributed by atoms with Gasteiger partial charge < -0.3 is 4.55 Å². The van der Waals surface area contributed by atoms with Gasteiger partial charge in [-0.2, -0.15) is 0 Å². The molecule has 0 saturated heterocycles. The Morgan fingerprint density at radius 2 is 1.55 bits per heavy atom. The summed E-state index contributed by atoms with van der Waals surface area (Å²) in [6.45, 7) is 0. The number of benzene rings is 2. The summed E-state index contributed by atoms with van der Waals surface area (Å²) in [6, 6.07) is 15.3. The van der Waals surface area contributed by atoms with E-state index in [1.54, 1.807) is 24.4 Å². The first-order valence-electron chi connectivity index (χ1n) is 5.96. The third-order valence-electron chi connectivity index (χ3n) is 3.08. The van der Waals surface area contributed by atoms with Gasteiger partial charge in [-0.05, 0) is 12.1 Å². The highest BCUT2D eigenvalue weighted by Crippen LogP contribution is 2.31. The summed E-state index contributed by atoms with van der Waals surface area (Å²) in [4.78, 5) is 4.06. The highest BCUT2D eigenvalue weighted by atomic mass is 32.2. The zero-order valence-electron chi connectivity index (χ0n) is 10.4. The minimum Gasteiger partial charge on any atom is -0.744 e. The molecular weight excluding hydrogens is 274 g/mol. The first kappa shape index (κ1) is 12.8. The van der Waals surface area contributed by atoms with Crippen LogP contribution in [0.25, 0.3) is 22.0 Å². The van der Waals surface area contributed by atoms with Gasteiger partial charge in [0.2, 0.25) is 0 Å². The summed E-state index contributed by atoms with van der Waals surface area (Å²) in [5.41, 5.74) is 1.69. The van der Waals surface area contributed by atoms with Crippen molar-refractivity contribution in [2.75, 3.05) is 0 Å². The molecule has 0 atom stereocenters. The number of hydrogen-bond acceptors (Lipinski definition) is 4. The fourth-order valence-corrected chi connectivity index (χ4v) is 2.92. The van der Waals surface area contributed by atoms with Crippen LogP contribution in [0, 0.1) is 0 Å². The standard InChI is InChI=1S/C15H11NO3S/c17-20(18,19)14-9-2-1-7-12(14)13-8-3-5-11-6-4-10-16-15(11)13/h1-10H,(H,17,18,19)/p-1. The highest BCUT2D eigenvalue weighted by Gasteiger charge is 2.12. The predicted molar refractivity (Wildman–Crippen MR) is 75.1 cm³/mol. The average molecular weight is 284 g/mol. The monoisotopic (exact) mass is 284 g/mol. The molecule has 0 amide bonds. The van der Waals surface area contributed by atoms with Gasteiger partial charge in [0.05, 0.1) is 10.4 Å². The summed E-state index contributed by atoms with van der Waals surface area (Å²) in [7, 11) is -4.53. The third kappa shape index (κ3) is 2.17. The number of fused-ring (bicyclic) bond motifs is 1. The Bertz CT molecular complexity index is 883. The number of rotatable bonds is 2. The maximum absolute atomic E-state index is 11.4. The lowest BCUT2D eigenvalue weighted by atomic mass is 10.0. The van der Waals surface area contributed by atoms with E-state index in [1.807, 2.05) is 24.3 Å². The highest BCUT2D eigenvalue weighted by molar-refractivity contribution is 7.85. The molecule has 0 aliphatic heterocycles. The lowest BCUT2D eigenvalue weighted by Crippen LogP contribution is -2.01. The van der Waals surface area contributed by atoms with Gasteiger partial charge in [-0.15, -0.1) is 0 Å². The predicted octanol–water partition coefficient (Wildman–Crippen LogP) is 2.81. The smallest absolute Gasteiger partial charge is 0.125 e. The zero-order chi connectivity index (χ0) is 14.2. The molecule has 1 aromatic heterocycles. The number of para-hydroxylation sites is 1. The van der Waals surface area contributed by atoms with E-state index in [9.17, 15) is 13.0 Å². The van der Waals surface area contributed by atoms with Crippen LogP contribution in [0.1, 0.15) is 0 Å². The van der Waals surface area contributed by atoms with Crippen LogP contribution in [0.4, 0.5) is 0 Å². The maximum Gasteiger partial charge on any atom is 0.125 e. The Hall–Kier alpha value is -2.24. The van der Waals surface area contributed by atoms with Gasteiger partial charge >= 0.3 is 0 Å². The Labute approximate surface area is 116 Å². The van der Waals surface area contributed by atoms with Gasteiger partial charge in [0, 0.05) is 22.7 Å². The molecule has 0 spiro atoms. The maximum atomic E-state index is 11.4. The summed E-state index contributed by atoms with van der Waals surface area (Å²) in [6.07, 6.45) is 1.64. The molecular formula is C15H10NO3S-. The van der Waals surface area contributed by atoms with E-state index >= 15 is 0 Å². The van der Waals surface area contributed by atoms with Gasteiger partial charge in [0.15, 0.2) is 0 Å². The van der Waals surface area contributed by atoms with Crippen molar-refractivity contribution in [3.8, 4) is 11.1 Å². The minimum atomic E-state index is -4.53. The summed E-state index contributed by atoms with van der Waals surface area (Å²) >= 11 is 0. The fraction of sp³-hybridized carbons (Fsp3) is 0. The number of pyridine rings is 1. The average Bonchev–Trinajstić information content (AvgIpc) is 2.46. The van der Waals surface area contributed by atoms with Crippen molar-refractivity contribution in [1.29, 1.82) is 0 Å². The van der Waals surface area contributed by atoms with E-state index < -0.39 is 10.1 Å². The lowest BCUT2D eigenvalue weighted by molar-refractivity contribution is 0.463. The molecule has 2 aromatic carbocycles. The Balaban J connectivity index is 2.38. The number of aromatic nitrogens is 1. The van der Waals surface area contributed by atoms with Crippen LogP contribution >= 0.6 is 0 Å². The van der Waals surface area contributed by atoms with Crippen LogP contribution < -0.4 is 0 Å². The fourth-order valence-electron chi connectivity index (χ4n) is 2.23. The first-order valence-corrected chi connectivity index (χ1v) is 7.37. The van der Waals surface area contributed by atoms with E-state index in [2.05, 4.69) is 4.98 Å². The van der Waals surface area contributed by atoms with Crippen LogP contribution in [0.5, 0.6) is 0 Å². The van der Waals surface area contributed by atoms with Crippen LogP contribution in [-0.4, -0.2) is 18.0 Å². The van der Waals surface area contributed by atoms with Gasteiger partial charge in [0.1, 0.15) is 10.1 Å². The number of nitrogens with zero attached hydrogens (tertiary/aromatic N) is 1. The Morgan fingerprint density at radius 1 is 0.850 bits per heavy atom. The van der Waals surface area contributed by atoms with Crippen LogP contribution in [0.15, 0.2) is 65.7 Å². The molecule has 3 aromatic rings. The zero-order valence-corrected chi connectivity index (χ0v) is 11.2. The Morgan fingerprint density at radius 3 is 2.35 bits per heavy atom. The van der Waals surface area contributed by atoms with E-state index in [0.29, 0.717) is 16.6 Å². The second kappa shape index (κ2) is 4.70. The normalized spacial score (nSPS) is 11.7. The van der Waals surface area contributed by atoms with Crippen molar-refractivity contribution in [3.05, 3.63) is 60.8 Å². The second-order valence-corrected chi connectivity index (χ2v) is 5.68. The van der Waals surface area contributed by atoms with Gasteiger partial charge in [-0.3, -0.25) is 4.98 Å². The molecule has 0 unspecified atom stereocenters. The summed E-state index contributed by atoms with van der Waals surface area (Å²) in [5.74, 6) is 0. The van der Waals surface area contributed by atoms with Crippen molar-refractivity contribution in [1.82, 2.24) is 4.98 Å². The summed E-state index contributed by atoms with van der Waals surface area (Å²) in [5, 5.41) is 0.892. The largest absolute Gasteiger partial charge is 0.744 e. The molecule has 0 aliphatic carbocycles. The second-order valence-electron chi connectivity index (χ2n) is 4.33. The summed E-state index contributed by atoms with van der Waals surface area (Å²) < 4.78 is 34.2. The minimum absolute atomic E-state index is 0.224. The molecule has 3 rings (SSSR count). The van der Waals surface area contributed by atoms with Crippen molar-refractivity contribution in [3.63, 3.8) is 0 Å². The molecule has 0 bridgehead atoms. The van der Waals surface area contributed by atoms with Crippen molar-refractivity contribution >= 4 is 21.0 Å². The van der Waals surface area contributed by atoms with Gasteiger partial charge in [0.25, 0.3) is 0 Å². The van der Waals surface area contributed by atoms with Crippen molar-refractivity contribution in [2.45, 2.75) is 4.90 Å². The van der Waals surface area contributed by atoms with Crippen LogP contribution in [-0.2, 0) is 10.1 Å².